The Hall–Kier alpha value is -1.42. The van der Waals surface area contributed by atoms with Crippen LogP contribution < -0.4 is 11.1 Å². The van der Waals surface area contributed by atoms with E-state index in [1.165, 1.54) is 0 Å². The summed E-state index contributed by atoms with van der Waals surface area (Å²) in [6.45, 7) is 6.43. The molecule has 0 aliphatic heterocycles. The van der Waals surface area contributed by atoms with Gasteiger partial charge in [0.15, 0.2) is 0 Å². The minimum Gasteiger partial charge on any atom is -0.349 e. The van der Waals surface area contributed by atoms with E-state index in [2.05, 4.69) is 10.3 Å². The van der Waals surface area contributed by atoms with Gasteiger partial charge < -0.3 is 11.1 Å². The highest BCUT2D eigenvalue weighted by Crippen LogP contribution is 2.06. The summed E-state index contributed by atoms with van der Waals surface area (Å²) in [4.78, 5) is 16.0. The molecule has 0 aliphatic rings. The molecule has 4 nitrogen and oxygen atoms in total. The number of nitrogens with zero attached hydrogens (tertiary/aromatic N) is 1. The fourth-order valence-corrected chi connectivity index (χ4v) is 1.50. The molecule has 0 aromatic carbocycles. The third kappa shape index (κ3) is 3.82. The first-order valence-corrected chi connectivity index (χ1v) is 6.00. The Kier molecular flexibility index (Phi) is 5.10. The van der Waals surface area contributed by atoms with Crippen LogP contribution in [0, 0.1) is 12.8 Å². The molecule has 0 spiro atoms. The van der Waals surface area contributed by atoms with E-state index in [-0.39, 0.29) is 11.8 Å². The molecule has 0 saturated heterocycles. The van der Waals surface area contributed by atoms with Gasteiger partial charge in [-0.25, -0.2) is 0 Å². The first-order valence-electron chi connectivity index (χ1n) is 6.00. The van der Waals surface area contributed by atoms with Crippen LogP contribution in [-0.4, -0.2) is 16.9 Å². The number of carbonyl (C=O) groups is 1. The third-order valence-corrected chi connectivity index (χ3v) is 3.11. The van der Waals surface area contributed by atoms with E-state index < -0.39 is 6.04 Å². The van der Waals surface area contributed by atoms with Crippen molar-refractivity contribution in [1.29, 1.82) is 0 Å². The highest BCUT2D eigenvalue weighted by molar-refractivity contribution is 5.81. The van der Waals surface area contributed by atoms with Crippen molar-refractivity contribution in [3.8, 4) is 0 Å². The molecule has 0 fully saturated rings. The average Bonchev–Trinajstić information content (AvgIpc) is 2.35. The molecule has 0 aliphatic carbocycles. The Morgan fingerprint density at radius 1 is 1.59 bits per heavy atom. The topological polar surface area (TPSA) is 68.0 Å². The number of pyridine rings is 1. The van der Waals surface area contributed by atoms with Gasteiger partial charge in [-0.2, -0.15) is 0 Å². The number of nitrogens with two attached hydrogens (primary N) is 1. The molecule has 1 aromatic rings. The quantitative estimate of drug-likeness (QED) is 0.810. The fraction of sp³-hybridized carbons (Fsp3) is 0.538. The van der Waals surface area contributed by atoms with Crippen LogP contribution in [0.25, 0.3) is 0 Å². The van der Waals surface area contributed by atoms with Crippen molar-refractivity contribution < 1.29 is 4.79 Å². The van der Waals surface area contributed by atoms with E-state index in [0.29, 0.717) is 6.54 Å². The molecule has 4 heteroatoms. The van der Waals surface area contributed by atoms with Gasteiger partial charge in [-0.1, -0.05) is 26.3 Å². The van der Waals surface area contributed by atoms with E-state index >= 15 is 0 Å². The van der Waals surface area contributed by atoms with Crippen LogP contribution in [0.5, 0.6) is 0 Å². The number of hydrogen-bond acceptors (Lipinski definition) is 3. The molecule has 94 valence electrons. The Labute approximate surface area is 103 Å². The molecule has 0 saturated carbocycles. The third-order valence-electron chi connectivity index (χ3n) is 3.11. The molecule has 0 radical (unpaired) electrons. The largest absolute Gasteiger partial charge is 0.349 e. The van der Waals surface area contributed by atoms with Gasteiger partial charge in [0.1, 0.15) is 0 Å². The number of aromatic nitrogens is 1. The fourth-order valence-electron chi connectivity index (χ4n) is 1.50. The summed E-state index contributed by atoms with van der Waals surface area (Å²) in [6.07, 6.45) is 2.63. The molecular weight excluding hydrogens is 214 g/mol. The molecule has 2 atom stereocenters. The second kappa shape index (κ2) is 6.35. The van der Waals surface area contributed by atoms with Crippen LogP contribution in [-0.2, 0) is 11.3 Å². The Morgan fingerprint density at radius 2 is 2.29 bits per heavy atom. The summed E-state index contributed by atoms with van der Waals surface area (Å²) in [7, 11) is 0. The van der Waals surface area contributed by atoms with Gasteiger partial charge in [-0.15, -0.1) is 0 Å². The minimum atomic E-state index is -0.441. The van der Waals surface area contributed by atoms with Gasteiger partial charge in [0.2, 0.25) is 5.91 Å². The maximum absolute atomic E-state index is 11.8. The number of hydrogen-bond donors (Lipinski definition) is 2. The van der Waals surface area contributed by atoms with Crippen molar-refractivity contribution in [3.05, 3.63) is 29.6 Å². The Morgan fingerprint density at radius 3 is 2.88 bits per heavy atom. The molecule has 3 N–H and O–H groups in total. The molecule has 1 rings (SSSR count). The van der Waals surface area contributed by atoms with Gasteiger partial charge in [0, 0.05) is 6.20 Å². The van der Waals surface area contributed by atoms with Crippen molar-refractivity contribution in [3.63, 3.8) is 0 Å². The first kappa shape index (κ1) is 13.6. The second-order valence-electron chi connectivity index (χ2n) is 4.40. The smallest absolute Gasteiger partial charge is 0.237 e. The predicted octanol–water partition coefficient (Wildman–Crippen LogP) is 1.38. The zero-order valence-electron chi connectivity index (χ0n) is 10.7. The number of nitrogens with one attached hydrogen (secondary N) is 1. The van der Waals surface area contributed by atoms with Crippen LogP contribution >= 0.6 is 0 Å². The van der Waals surface area contributed by atoms with Gasteiger partial charge >= 0.3 is 0 Å². The van der Waals surface area contributed by atoms with Crippen molar-refractivity contribution in [2.24, 2.45) is 11.7 Å². The molecule has 1 unspecified atom stereocenters. The molecule has 17 heavy (non-hydrogen) atoms. The van der Waals surface area contributed by atoms with Gasteiger partial charge in [-0.05, 0) is 24.5 Å². The van der Waals surface area contributed by atoms with E-state index in [1.54, 1.807) is 6.20 Å². The summed E-state index contributed by atoms with van der Waals surface area (Å²) in [5.41, 5.74) is 7.80. The van der Waals surface area contributed by atoms with Gasteiger partial charge in [0.25, 0.3) is 0 Å². The van der Waals surface area contributed by atoms with Gasteiger partial charge in [-0.3, -0.25) is 9.78 Å². The normalized spacial score (nSPS) is 14.1. The van der Waals surface area contributed by atoms with Crippen LogP contribution in [0.3, 0.4) is 0 Å². The van der Waals surface area contributed by atoms with E-state index in [0.717, 1.165) is 17.7 Å². The number of carbonyl (C=O) groups excluding carboxylic acids is 1. The first-order chi connectivity index (χ1) is 8.06. The zero-order chi connectivity index (χ0) is 12.8. The molecule has 1 aromatic heterocycles. The second-order valence-corrected chi connectivity index (χ2v) is 4.40. The van der Waals surface area contributed by atoms with Crippen molar-refractivity contribution in [1.82, 2.24) is 10.3 Å². The van der Waals surface area contributed by atoms with Crippen LogP contribution in [0.2, 0.25) is 0 Å². The molecular formula is C13H21N3O. The predicted molar refractivity (Wildman–Crippen MR) is 68.3 cm³/mol. The van der Waals surface area contributed by atoms with Crippen LogP contribution in [0.15, 0.2) is 18.3 Å². The van der Waals surface area contributed by atoms with Crippen molar-refractivity contribution in [2.75, 3.05) is 0 Å². The monoisotopic (exact) mass is 235 g/mol. The Bertz CT molecular complexity index is 379. The zero-order valence-corrected chi connectivity index (χ0v) is 10.7. The SMILES string of the molecule is CCC(C)[C@H](N)C(=O)NCc1ncccc1C. The summed E-state index contributed by atoms with van der Waals surface area (Å²) >= 11 is 0. The number of aryl methyl sites for hydroxylation is 1. The lowest BCUT2D eigenvalue weighted by molar-refractivity contribution is -0.123. The summed E-state index contributed by atoms with van der Waals surface area (Å²) in [5, 5.41) is 2.83. The molecule has 0 bridgehead atoms. The minimum absolute atomic E-state index is 0.107. The molecule has 1 amide bonds. The maximum Gasteiger partial charge on any atom is 0.237 e. The highest BCUT2D eigenvalue weighted by atomic mass is 16.2. The lowest BCUT2D eigenvalue weighted by Gasteiger charge is -2.17. The average molecular weight is 235 g/mol. The van der Waals surface area contributed by atoms with E-state index in [9.17, 15) is 4.79 Å². The lowest BCUT2D eigenvalue weighted by Crippen LogP contribution is -2.44. The summed E-state index contributed by atoms with van der Waals surface area (Å²) in [5.74, 6) is 0.0873. The van der Waals surface area contributed by atoms with E-state index in [4.69, 9.17) is 5.73 Å². The van der Waals surface area contributed by atoms with Crippen LogP contribution in [0.1, 0.15) is 31.5 Å². The lowest BCUT2D eigenvalue weighted by atomic mass is 9.99. The van der Waals surface area contributed by atoms with Crippen molar-refractivity contribution >= 4 is 5.91 Å². The summed E-state index contributed by atoms with van der Waals surface area (Å²) < 4.78 is 0. The summed E-state index contributed by atoms with van der Waals surface area (Å²) in [6, 6.07) is 3.42. The highest BCUT2D eigenvalue weighted by Gasteiger charge is 2.19. The Balaban J connectivity index is 2.51. The molecule has 1 heterocycles. The van der Waals surface area contributed by atoms with Gasteiger partial charge in [0.05, 0.1) is 18.3 Å². The maximum atomic E-state index is 11.8. The van der Waals surface area contributed by atoms with Crippen LogP contribution in [0.4, 0.5) is 0 Å². The number of rotatable bonds is 5. The standard InChI is InChI=1S/C13H21N3O/c1-4-9(2)12(14)13(17)16-8-11-10(3)6-5-7-15-11/h5-7,9,12H,4,8,14H2,1-3H3,(H,16,17)/t9?,12-/m0/s1. The van der Waals surface area contributed by atoms with Crippen molar-refractivity contribution in [2.45, 2.75) is 39.8 Å². The number of amides is 1. The van der Waals surface area contributed by atoms with E-state index in [1.807, 2.05) is 32.9 Å².